The summed E-state index contributed by atoms with van der Waals surface area (Å²) in [5.74, 6) is 0.0956. The summed E-state index contributed by atoms with van der Waals surface area (Å²) in [6.07, 6.45) is 5.20. The van der Waals surface area contributed by atoms with Gasteiger partial charge < -0.3 is 9.84 Å². The van der Waals surface area contributed by atoms with Crippen LogP contribution in [0.4, 0.5) is 4.39 Å². The average molecular weight is 515 g/mol. The van der Waals surface area contributed by atoms with E-state index in [-0.39, 0.29) is 21.7 Å². The van der Waals surface area contributed by atoms with E-state index < -0.39 is 15.4 Å². The smallest absolute Gasteiger partial charge is 0.233 e. The first-order valence-corrected chi connectivity index (χ1v) is 13.6. The van der Waals surface area contributed by atoms with Crippen molar-refractivity contribution < 1.29 is 22.7 Å². The summed E-state index contributed by atoms with van der Waals surface area (Å²) in [5, 5.41) is 13.4. The summed E-state index contributed by atoms with van der Waals surface area (Å²) in [7, 11) is -3.95. The lowest BCUT2D eigenvalue weighted by molar-refractivity contribution is 0.0798. The zero-order chi connectivity index (χ0) is 23.9. The minimum atomic E-state index is -3.95. The van der Waals surface area contributed by atoms with Crippen LogP contribution in [-0.2, 0) is 15.4 Å². The molecule has 0 bridgehead atoms. The standard InChI is InChI=1S/C24H19FN2O4S3/c1-2-24(28,22-26-10-12-32-22)21-14-27-23(33-21)34(29,30)17-7-8-19-18(9-11-31-20(19)13-17)15-3-5-16(25)6-4-15/h3-10,12-14,28H,2,11H2,1H3. The molecule has 10 heteroatoms. The van der Waals surface area contributed by atoms with Gasteiger partial charge in [0.1, 0.15) is 23.2 Å². The van der Waals surface area contributed by atoms with Gasteiger partial charge in [-0.2, -0.15) is 0 Å². The number of aliphatic hydroxyl groups is 1. The third kappa shape index (κ3) is 3.86. The molecular formula is C24H19FN2O4S3. The molecule has 1 N–H and O–H groups in total. The second kappa shape index (κ2) is 8.70. The van der Waals surface area contributed by atoms with E-state index in [1.807, 2.05) is 13.0 Å². The number of nitrogens with zero attached hydrogens (tertiary/aromatic N) is 2. The first-order chi connectivity index (χ1) is 16.3. The number of hydrogen-bond acceptors (Lipinski definition) is 8. The Balaban J connectivity index is 1.50. The van der Waals surface area contributed by atoms with E-state index in [0.29, 0.717) is 22.1 Å². The van der Waals surface area contributed by atoms with Crippen molar-refractivity contribution in [3.63, 3.8) is 0 Å². The van der Waals surface area contributed by atoms with Crippen LogP contribution in [0.2, 0.25) is 0 Å². The molecule has 1 unspecified atom stereocenters. The molecule has 0 amide bonds. The van der Waals surface area contributed by atoms with Crippen LogP contribution in [0.15, 0.2) is 75.5 Å². The highest BCUT2D eigenvalue weighted by atomic mass is 32.2. The van der Waals surface area contributed by atoms with Gasteiger partial charge in [0.2, 0.25) is 14.2 Å². The normalized spacial score (nSPS) is 15.2. The highest BCUT2D eigenvalue weighted by molar-refractivity contribution is 7.93. The molecule has 1 aliphatic rings. The van der Waals surface area contributed by atoms with E-state index in [2.05, 4.69) is 9.97 Å². The van der Waals surface area contributed by atoms with Crippen molar-refractivity contribution in [2.45, 2.75) is 28.2 Å². The maximum Gasteiger partial charge on any atom is 0.233 e. The third-order valence-electron chi connectivity index (χ3n) is 5.65. The van der Waals surface area contributed by atoms with E-state index in [4.69, 9.17) is 4.74 Å². The maximum absolute atomic E-state index is 13.4. The number of halogens is 1. The molecule has 174 valence electrons. The quantitative estimate of drug-likeness (QED) is 0.388. The Labute approximate surface area is 204 Å². The first-order valence-electron chi connectivity index (χ1n) is 10.4. The van der Waals surface area contributed by atoms with Crippen LogP contribution in [0.5, 0.6) is 5.75 Å². The van der Waals surface area contributed by atoms with Crippen molar-refractivity contribution >= 4 is 38.1 Å². The lowest BCUT2D eigenvalue weighted by atomic mass is 9.95. The van der Waals surface area contributed by atoms with Crippen LogP contribution in [-0.4, -0.2) is 30.1 Å². The number of benzene rings is 2. The molecule has 0 saturated carbocycles. The Morgan fingerprint density at radius 2 is 1.97 bits per heavy atom. The molecule has 0 spiro atoms. The van der Waals surface area contributed by atoms with Gasteiger partial charge in [0, 0.05) is 23.3 Å². The summed E-state index contributed by atoms with van der Waals surface area (Å²) in [6.45, 7) is 2.07. The number of aromatic nitrogens is 2. The van der Waals surface area contributed by atoms with Crippen LogP contribution in [0.25, 0.3) is 5.57 Å². The van der Waals surface area contributed by atoms with Crippen LogP contribution in [0.3, 0.4) is 0 Å². The molecule has 3 heterocycles. The van der Waals surface area contributed by atoms with Crippen molar-refractivity contribution in [1.82, 2.24) is 9.97 Å². The number of ether oxygens (including phenoxy) is 1. The lowest BCUT2D eigenvalue weighted by Crippen LogP contribution is -2.24. The molecule has 0 radical (unpaired) electrons. The van der Waals surface area contributed by atoms with Gasteiger partial charge in [-0.3, -0.25) is 0 Å². The molecule has 6 nitrogen and oxygen atoms in total. The maximum atomic E-state index is 13.4. The Morgan fingerprint density at radius 3 is 2.68 bits per heavy atom. The topological polar surface area (TPSA) is 89.4 Å². The molecule has 2 aromatic heterocycles. The number of fused-ring (bicyclic) bond motifs is 1. The highest BCUT2D eigenvalue weighted by Crippen LogP contribution is 2.40. The summed E-state index contributed by atoms with van der Waals surface area (Å²) in [4.78, 5) is 8.80. The van der Waals surface area contributed by atoms with Gasteiger partial charge >= 0.3 is 0 Å². The fourth-order valence-corrected chi connectivity index (χ4v) is 7.37. The molecule has 2 aromatic carbocycles. The fourth-order valence-electron chi connectivity index (χ4n) is 3.77. The Bertz CT molecular complexity index is 1480. The van der Waals surface area contributed by atoms with Crippen molar-refractivity contribution in [2.24, 2.45) is 0 Å². The summed E-state index contributed by atoms with van der Waals surface area (Å²) >= 11 is 2.23. The second-order valence-corrected chi connectivity index (χ2v) is 11.7. The van der Waals surface area contributed by atoms with Gasteiger partial charge in [0.15, 0.2) is 5.60 Å². The van der Waals surface area contributed by atoms with Crippen LogP contribution >= 0.6 is 22.7 Å². The summed E-state index contributed by atoms with van der Waals surface area (Å²) in [6, 6.07) is 10.8. The molecule has 5 rings (SSSR count). The molecule has 0 fully saturated rings. The fraction of sp³-hybridized carbons (Fsp3) is 0.167. The predicted molar refractivity (Wildman–Crippen MR) is 128 cm³/mol. The van der Waals surface area contributed by atoms with E-state index in [9.17, 15) is 17.9 Å². The highest BCUT2D eigenvalue weighted by Gasteiger charge is 2.36. The van der Waals surface area contributed by atoms with E-state index in [1.54, 1.807) is 29.8 Å². The van der Waals surface area contributed by atoms with Crippen molar-refractivity contribution in [1.29, 1.82) is 0 Å². The molecule has 1 atom stereocenters. The van der Waals surface area contributed by atoms with Gasteiger partial charge in [-0.15, -0.1) is 22.7 Å². The third-order valence-corrected chi connectivity index (χ3v) is 9.87. The Morgan fingerprint density at radius 1 is 1.18 bits per heavy atom. The first kappa shape index (κ1) is 22.9. The Hall–Kier alpha value is -2.92. The van der Waals surface area contributed by atoms with E-state index in [1.165, 1.54) is 41.8 Å². The number of rotatable bonds is 6. The predicted octanol–water partition coefficient (Wildman–Crippen LogP) is 5.04. The lowest BCUT2D eigenvalue weighted by Gasteiger charge is -2.22. The number of thiazole rings is 2. The van der Waals surface area contributed by atoms with Crippen LogP contribution in [0, 0.1) is 5.82 Å². The molecule has 4 aromatic rings. The molecular weight excluding hydrogens is 495 g/mol. The number of sulfone groups is 1. The van der Waals surface area contributed by atoms with Gasteiger partial charge in [-0.25, -0.2) is 22.8 Å². The zero-order valence-corrected chi connectivity index (χ0v) is 20.4. The van der Waals surface area contributed by atoms with E-state index in [0.717, 1.165) is 28.0 Å². The molecule has 34 heavy (non-hydrogen) atoms. The van der Waals surface area contributed by atoms with Crippen molar-refractivity contribution in [2.75, 3.05) is 6.61 Å². The van der Waals surface area contributed by atoms with Crippen molar-refractivity contribution in [3.05, 3.63) is 93.1 Å². The van der Waals surface area contributed by atoms with Crippen molar-refractivity contribution in [3.8, 4) is 5.75 Å². The minimum Gasteiger partial charge on any atom is -0.489 e. The number of hydrogen-bond donors (Lipinski definition) is 1. The Kier molecular flexibility index (Phi) is 5.85. The average Bonchev–Trinajstić information content (AvgIpc) is 3.57. The van der Waals surface area contributed by atoms with Gasteiger partial charge in [-0.05, 0) is 54.0 Å². The summed E-state index contributed by atoms with van der Waals surface area (Å²) in [5.41, 5.74) is 0.985. The monoisotopic (exact) mass is 514 g/mol. The zero-order valence-electron chi connectivity index (χ0n) is 17.9. The van der Waals surface area contributed by atoms with E-state index >= 15 is 0 Å². The minimum absolute atomic E-state index is 0.0433. The van der Waals surface area contributed by atoms with Gasteiger partial charge in [-0.1, -0.05) is 19.1 Å². The van der Waals surface area contributed by atoms with Crippen LogP contribution < -0.4 is 4.74 Å². The second-order valence-electron chi connectivity index (χ2n) is 7.64. The van der Waals surface area contributed by atoms with Gasteiger partial charge in [0.05, 0.1) is 9.77 Å². The molecule has 0 saturated heterocycles. The SMILES string of the molecule is CCC(O)(c1cnc(S(=O)(=O)c2ccc3c(c2)OCC=C3c2ccc(F)cc2)s1)c1nccs1. The molecule has 1 aliphatic heterocycles. The van der Waals surface area contributed by atoms with Crippen LogP contribution in [0.1, 0.15) is 34.4 Å². The largest absolute Gasteiger partial charge is 0.489 e. The molecule has 0 aliphatic carbocycles. The van der Waals surface area contributed by atoms with Gasteiger partial charge in [0.25, 0.3) is 0 Å². The summed E-state index contributed by atoms with van der Waals surface area (Å²) < 4.78 is 45.7.